The van der Waals surface area contributed by atoms with Gasteiger partial charge in [-0.15, -0.1) is 0 Å². The average molecular weight is 267 g/mol. The van der Waals surface area contributed by atoms with Crippen LogP contribution in [0.25, 0.3) is 0 Å². The molecule has 108 valence electrons. The van der Waals surface area contributed by atoms with Gasteiger partial charge in [-0.25, -0.2) is 0 Å². The predicted octanol–water partition coefficient (Wildman–Crippen LogP) is 2.72. The summed E-state index contributed by atoms with van der Waals surface area (Å²) < 4.78 is 11.4. The zero-order valence-corrected chi connectivity index (χ0v) is 12.0. The number of hydrogen-bond acceptors (Lipinski definition) is 5. The highest BCUT2D eigenvalue weighted by molar-refractivity contribution is 5.04. The lowest BCUT2D eigenvalue weighted by molar-refractivity contribution is -0.0636. The van der Waals surface area contributed by atoms with E-state index in [-0.39, 0.29) is 11.5 Å². The van der Waals surface area contributed by atoms with Crippen LogP contribution in [0.15, 0.2) is 4.52 Å². The first-order valence-corrected chi connectivity index (χ1v) is 7.40. The standard InChI is InChI=1S/C14H25N3O2/c1-3-18-14(8-6-4-5-7-9-14)13-16-12(19-17-13)11(2)10-15/h11H,3-10,15H2,1-2H3. The number of hydrogen-bond donors (Lipinski definition) is 1. The maximum atomic E-state index is 6.05. The second-order valence-electron chi connectivity index (χ2n) is 5.43. The first kappa shape index (κ1) is 14.5. The molecule has 0 radical (unpaired) electrons. The molecule has 1 aliphatic rings. The first-order chi connectivity index (χ1) is 9.22. The molecule has 1 unspecified atom stereocenters. The van der Waals surface area contributed by atoms with Gasteiger partial charge in [0.25, 0.3) is 0 Å². The fraction of sp³-hybridized carbons (Fsp3) is 0.857. The number of nitrogens with zero attached hydrogens (tertiary/aromatic N) is 2. The molecule has 1 aromatic rings. The Morgan fingerprint density at radius 2 is 2.00 bits per heavy atom. The zero-order valence-electron chi connectivity index (χ0n) is 12.0. The maximum Gasteiger partial charge on any atom is 0.230 e. The fourth-order valence-corrected chi connectivity index (χ4v) is 2.73. The van der Waals surface area contributed by atoms with E-state index in [1.54, 1.807) is 0 Å². The van der Waals surface area contributed by atoms with Gasteiger partial charge in [-0.05, 0) is 19.8 Å². The Labute approximate surface area is 114 Å². The minimum Gasteiger partial charge on any atom is -0.367 e. The van der Waals surface area contributed by atoms with Gasteiger partial charge in [0.1, 0.15) is 5.60 Å². The third kappa shape index (κ3) is 3.15. The molecule has 0 amide bonds. The lowest BCUT2D eigenvalue weighted by Crippen LogP contribution is -2.31. The zero-order chi connectivity index (χ0) is 13.7. The van der Waals surface area contributed by atoms with Crippen molar-refractivity contribution in [3.8, 4) is 0 Å². The molecule has 0 saturated heterocycles. The van der Waals surface area contributed by atoms with E-state index in [9.17, 15) is 0 Å². The molecule has 1 fully saturated rings. The third-order valence-electron chi connectivity index (χ3n) is 3.96. The lowest BCUT2D eigenvalue weighted by atomic mass is 9.93. The fourth-order valence-electron chi connectivity index (χ4n) is 2.73. The van der Waals surface area contributed by atoms with Crippen molar-refractivity contribution in [3.63, 3.8) is 0 Å². The average Bonchev–Trinajstić information content (AvgIpc) is 2.81. The van der Waals surface area contributed by atoms with Gasteiger partial charge < -0.3 is 15.0 Å². The molecule has 1 aromatic heterocycles. The topological polar surface area (TPSA) is 74.2 Å². The molecule has 5 heteroatoms. The van der Waals surface area contributed by atoms with E-state index in [0.717, 1.165) is 25.7 Å². The summed E-state index contributed by atoms with van der Waals surface area (Å²) in [5, 5.41) is 4.17. The normalized spacial score (nSPS) is 21.0. The van der Waals surface area contributed by atoms with Gasteiger partial charge in [0.15, 0.2) is 0 Å². The Morgan fingerprint density at radius 1 is 1.32 bits per heavy atom. The van der Waals surface area contributed by atoms with Gasteiger partial charge >= 0.3 is 0 Å². The Bertz CT molecular complexity index is 384. The van der Waals surface area contributed by atoms with Gasteiger partial charge in [-0.2, -0.15) is 4.98 Å². The van der Waals surface area contributed by atoms with Gasteiger partial charge in [-0.3, -0.25) is 0 Å². The van der Waals surface area contributed by atoms with E-state index in [1.165, 1.54) is 12.8 Å². The van der Waals surface area contributed by atoms with Crippen LogP contribution in [0.3, 0.4) is 0 Å². The second-order valence-corrected chi connectivity index (χ2v) is 5.43. The number of nitrogens with two attached hydrogens (primary N) is 1. The Balaban J connectivity index is 2.24. The van der Waals surface area contributed by atoms with Crippen LogP contribution in [0.4, 0.5) is 0 Å². The van der Waals surface area contributed by atoms with Crippen molar-refractivity contribution in [2.75, 3.05) is 13.2 Å². The first-order valence-electron chi connectivity index (χ1n) is 7.40. The van der Waals surface area contributed by atoms with Crippen LogP contribution in [0, 0.1) is 0 Å². The lowest BCUT2D eigenvalue weighted by Gasteiger charge is -2.29. The molecule has 2 N–H and O–H groups in total. The molecule has 19 heavy (non-hydrogen) atoms. The molecule has 0 spiro atoms. The van der Waals surface area contributed by atoms with E-state index in [0.29, 0.717) is 24.9 Å². The molecule has 2 rings (SSSR count). The summed E-state index contributed by atoms with van der Waals surface area (Å²) in [4.78, 5) is 4.55. The molecule has 5 nitrogen and oxygen atoms in total. The molecule has 1 atom stereocenters. The minimum atomic E-state index is -0.346. The van der Waals surface area contributed by atoms with E-state index in [1.807, 2.05) is 13.8 Å². The molecular formula is C14H25N3O2. The Morgan fingerprint density at radius 3 is 2.58 bits per heavy atom. The molecular weight excluding hydrogens is 242 g/mol. The summed E-state index contributed by atoms with van der Waals surface area (Å²) in [7, 11) is 0. The molecule has 0 bridgehead atoms. The van der Waals surface area contributed by atoms with Crippen molar-refractivity contribution in [1.82, 2.24) is 10.1 Å². The number of aromatic nitrogens is 2. The summed E-state index contributed by atoms with van der Waals surface area (Å²) in [6.07, 6.45) is 6.82. The maximum absolute atomic E-state index is 6.05. The summed E-state index contributed by atoms with van der Waals surface area (Å²) in [5.74, 6) is 1.44. The predicted molar refractivity (Wildman–Crippen MR) is 72.8 cm³/mol. The molecule has 1 aliphatic carbocycles. The summed E-state index contributed by atoms with van der Waals surface area (Å²) >= 11 is 0. The third-order valence-corrected chi connectivity index (χ3v) is 3.96. The smallest absolute Gasteiger partial charge is 0.230 e. The van der Waals surface area contributed by atoms with Crippen LogP contribution in [-0.2, 0) is 10.3 Å². The number of ether oxygens (including phenoxy) is 1. The van der Waals surface area contributed by atoms with Crippen molar-refractivity contribution in [3.05, 3.63) is 11.7 Å². The van der Waals surface area contributed by atoms with Crippen molar-refractivity contribution < 1.29 is 9.26 Å². The molecule has 0 aliphatic heterocycles. The van der Waals surface area contributed by atoms with Crippen LogP contribution < -0.4 is 5.73 Å². The summed E-state index contributed by atoms with van der Waals surface area (Å²) in [5.41, 5.74) is 5.30. The second kappa shape index (κ2) is 6.48. The van der Waals surface area contributed by atoms with Crippen LogP contribution in [0.1, 0.15) is 70.0 Å². The van der Waals surface area contributed by atoms with Gasteiger partial charge in [-0.1, -0.05) is 37.8 Å². The Kier molecular flexibility index (Phi) is 4.93. The summed E-state index contributed by atoms with van der Waals surface area (Å²) in [6, 6.07) is 0. The van der Waals surface area contributed by atoms with Crippen molar-refractivity contribution in [1.29, 1.82) is 0 Å². The highest BCUT2D eigenvalue weighted by Crippen LogP contribution is 2.38. The number of rotatable bonds is 5. The molecule has 1 saturated carbocycles. The van der Waals surface area contributed by atoms with Crippen LogP contribution in [-0.4, -0.2) is 23.3 Å². The molecule has 0 aromatic carbocycles. The minimum absolute atomic E-state index is 0.103. The summed E-state index contributed by atoms with van der Waals surface area (Å²) in [6.45, 7) is 5.22. The van der Waals surface area contributed by atoms with Crippen molar-refractivity contribution in [2.24, 2.45) is 5.73 Å². The SMILES string of the molecule is CCOC1(c2noc(C(C)CN)n2)CCCCCC1. The van der Waals surface area contributed by atoms with Crippen LogP contribution in [0.2, 0.25) is 0 Å². The van der Waals surface area contributed by atoms with Gasteiger partial charge in [0.2, 0.25) is 11.7 Å². The van der Waals surface area contributed by atoms with Crippen LogP contribution in [0.5, 0.6) is 0 Å². The van der Waals surface area contributed by atoms with Crippen LogP contribution >= 0.6 is 0 Å². The van der Waals surface area contributed by atoms with E-state index in [2.05, 4.69) is 10.1 Å². The van der Waals surface area contributed by atoms with E-state index in [4.69, 9.17) is 15.0 Å². The highest BCUT2D eigenvalue weighted by Gasteiger charge is 2.38. The quantitative estimate of drug-likeness (QED) is 0.830. The van der Waals surface area contributed by atoms with Gasteiger partial charge in [0, 0.05) is 19.1 Å². The van der Waals surface area contributed by atoms with Gasteiger partial charge in [0.05, 0.1) is 0 Å². The monoisotopic (exact) mass is 267 g/mol. The Hall–Kier alpha value is -0.940. The van der Waals surface area contributed by atoms with E-state index < -0.39 is 0 Å². The largest absolute Gasteiger partial charge is 0.367 e. The molecule has 1 heterocycles. The van der Waals surface area contributed by atoms with E-state index >= 15 is 0 Å². The highest BCUT2D eigenvalue weighted by atomic mass is 16.5. The van der Waals surface area contributed by atoms with Crippen molar-refractivity contribution in [2.45, 2.75) is 63.9 Å². The van der Waals surface area contributed by atoms with Crippen molar-refractivity contribution >= 4 is 0 Å².